The van der Waals surface area contributed by atoms with E-state index in [1.54, 1.807) is 5.57 Å². The molecule has 0 bridgehead atoms. The zero-order valence-corrected chi connectivity index (χ0v) is 22.7. The first kappa shape index (κ1) is 24.4. The molecule has 0 unspecified atom stereocenters. The van der Waals surface area contributed by atoms with Crippen LogP contribution in [0.15, 0.2) is 11.6 Å². The second-order valence-electron chi connectivity index (χ2n) is 14.8. The minimum Gasteiger partial charge on any atom is -0.396 e. The van der Waals surface area contributed by atoms with Crippen molar-refractivity contribution in [1.82, 2.24) is 0 Å². The summed E-state index contributed by atoms with van der Waals surface area (Å²) < 4.78 is 0. The van der Waals surface area contributed by atoms with Gasteiger partial charge < -0.3 is 10.2 Å². The SMILES string of the molecule is C/C=C(/C)[C@@H]1CC[C@]2(CO)CC[C@]3(C)[C@H](CC[C@@H]4[C@@]5(C)CC[C@H](O)C(C)(C)[C@@H]5CC[C@]43C)[C@@H]12. The summed E-state index contributed by atoms with van der Waals surface area (Å²) >= 11 is 0. The van der Waals surface area contributed by atoms with Crippen molar-refractivity contribution in [2.24, 2.45) is 56.7 Å². The summed E-state index contributed by atoms with van der Waals surface area (Å²) in [5.74, 6) is 3.47. The third kappa shape index (κ3) is 2.92. The fraction of sp³-hybridized carbons (Fsp3) is 0.935. The molecule has 0 aromatic heterocycles. The van der Waals surface area contributed by atoms with Gasteiger partial charge in [-0.05, 0) is 135 Å². The van der Waals surface area contributed by atoms with Gasteiger partial charge in [0.1, 0.15) is 0 Å². The van der Waals surface area contributed by atoms with Crippen LogP contribution in [0.25, 0.3) is 0 Å². The molecule has 0 aliphatic heterocycles. The van der Waals surface area contributed by atoms with Crippen LogP contribution >= 0.6 is 0 Å². The van der Waals surface area contributed by atoms with Crippen molar-refractivity contribution in [3.63, 3.8) is 0 Å². The Balaban J connectivity index is 1.55. The first-order valence-electron chi connectivity index (χ1n) is 14.3. The summed E-state index contributed by atoms with van der Waals surface area (Å²) in [4.78, 5) is 0. The summed E-state index contributed by atoms with van der Waals surface area (Å²) in [7, 11) is 0. The number of hydrogen-bond acceptors (Lipinski definition) is 2. The molecule has 33 heavy (non-hydrogen) atoms. The molecule has 0 aromatic rings. The highest BCUT2D eigenvalue weighted by Gasteiger charge is 2.70. The Labute approximate surface area is 204 Å². The van der Waals surface area contributed by atoms with Crippen LogP contribution < -0.4 is 0 Å². The average molecular weight is 457 g/mol. The highest BCUT2D eigenvalue weighted by atomic mass is 16.3. The van der Waals surface area contributed by atoms with E-state index >= 15 is 0 Å². The highest BCUT2D eigenvalue weighted by Crippen LogP contribution is 2.77. The van der Waals surface area contributed by atoms with Gasteiger partial charge in [0.25, 0.3) is 0 Å². The van der Waals surface area contributed by atoms with Crippen LogP contribution in [0.3, 0.4) is 0 Å². The maximum absolute atomic E-state index is 10.9. The molecule has 0 aromatic carbocycles. The molecule has 10 atom stereocenters. The van der Waals surface area contributed by atoms with Crippen molar-refractivity contribution in [2.75, 3.05) is 6.61 Å². The lowest BCUT2D eigenvalue weighted by molar-refractivity contribution is -0.249. The summed E-state index contributed by atoms with van der Waals surface area (Å²) in [6.45, 7) is 17.7. The van der Waals surface area contributed by atoms with Gasteiger partial charge in [-0.3, -0.25) is 0 Å². The van der Waals surface area contributed by atoms with Gasteiger partial charge >= 0.3 is 0 Å². The molecular weight excluding hydrogens is 404 g/mol. The molecule has 0 amide bonds. The first-order chi connectivity index (χ1) is 15.4. The van der Waals surface area contributed by atoms with Crippen molar-refractivity contribution >= 4 is 0 Å². The number of allylic oxidation sites excluding steroid dienone is 2. The maximum atomic E-state index is 10.9. The number of rotatable bonds is 2. The largest absolute Gasteiger partial charge is 0.396 e. The molecule has 2 heteroatoms. The minimum absolute atomic E-state index is 0.0320. The van der Waals surface area contributed by atoms with E-state index in [9.17, 15) is 10.2 Å². The van der Waals surface area contributed by atoms with E-state index < -0.39 is 0 Å². The van der Waals surface area contributed by atoms with E-state index in [0.717, 1.165) is 18.3 Å². The molecule has 0 heterocycles. The smallest absolute Gasteiger partial charge is 0.0594 e. The van der Waals surface area contributed by atoms with Gasteiger partial charge in [0.15, 0.2) is 0 Å². The van der Waals surface area contributed by atoms with E-state index in [2.05, 4.69) is 54.5 Å². The van der Waals surface area contributed by atoms with Crippen LogP contribution in [-0.4, -0.2) is 22.9 Å². The molecule has 5 fully saturated rings. The predicted octanol–water partition coefficient (Wildman–Crippen LogP) is 7.39. The topological polar surface area (TPSA) is 40.5 Å². The quantitative estimate of drug-likeness (QED) is 0.425. The monoisotopic (exact) mass is 456 g/mol. The Morgan fingerprint density at radius 1 is 0.818 bits per heavy atom. The van der Waals surface area contributed by atoms with Gasteiger partial charge in [0.2, 0.25) is 0 Å². The predicted molar refractivity (Wildman–Crippen MR) is 137 cm³/mol. The molecule has 2 nitrogen and oxygen atoms in total. The van der Waals surface area contributed by atoms with Gasteiger partial charge in [0.05, 0.1) is 6.10 Å². The van der Waals surface area contributed by atoms with Gasteiger partial charge in [0, 0.05) is 6.61 Å². The third-order valence-corrected chi connectivity index (χ3v) is 13.9. The molecular formula is C31H52O2. The lowest BCUT2D eigenvalue weighted by Crippen LogP contribution is -2.66. The van der Waals surface area contributed by atoms with Crippen LogP contribution in [-0.2, 0) is 0 Å². The lowest BCUT2D eigenvalue weighted by Gasteiger charge is -2.73. The zero-order valence-electron chi connectivity index (χ0n) is 22.7. The highest BCUT2D eigenvalue weighted by molar-refractivity contribution is 5.22. The molecule has 0 saturated heterocycles. The Bertz CT molecular complexity index is 814. The van der Waals surface area contributed by atoms with Crippen molar-refractivity contribution < 1.29 is 10.2 Å². The molecule has 5 rings (SSSR count). The van der Waals surface area contributed by atoms with Gasteiger partial charge in [-0.15, -0.1) is 0 Å². The van der Waals surface area contributed by atoms with E-state index in [1.807, 2.05) is 0 Å². The minimum atomic E-state index is -0.144. The summed E-state index contributed by atoms with van der Waals surface area (Å²) in [6, 6.07) is 0. The molecule has 5 saturated carbocycles. The Morgan fingerprint density at radius 3 is 2.21 bits per heavy atom. The van der Waals surface area contributed by atoms with Crippen LogP contribution in [0.4, 0.5) is 0 Å². The van der Waals surface area contributed by atoms with Crippen molar-refractivity contribution in [1.29, 1.82) is 0 Å². The zero-order chi connectivity index (χ0) is 24.0. The summed E-state index contributed by atoms with van der Waals surface area (Å²) in [5.41, 5.74) is 2.86. The Hall–Kier alpha value is -0.340. The third-order valence-electron chi connectivity index (χ3n) is 13.9. The van der Waals surface area contributed by atoms with Gasteiger partial charge in [-0.25, -0.2) is 0 Å². The van der Waals surface area contributed by atoms with Crippen LogP contribution in [0.5, 0.6) is 0 Å². The average Bonchev–Trinajstić information content (AvgIpc) is 3.17. The van der Waals surface area contributed by atoms with Crippen molar-refractivity contribution in [3.8, 4) is 0 Å². The maximum Gasteiger partial charge on any atom is 0.0594 e. The molecule has 2 N–H and O–H groups in total. The summed E-state index contributed by atoms with van der Waals surface area (Å²) in [5, 5.41) is 21.7. The molecule has 5 aliphatic carbocycles. The summed E-state index contributed by atoms with van der Waals surface area (Å²) in [6.07, 6.45) is 14.7. The van der Waals surface area contributed by atoms with E-state index in [4.69, 9.17) is 0 Å². The Kier molecular flexibility index (Phi) is 5.60. The molecule has 0 radical (unpaired) electrons. The number of fused-ring (bicyclic) bond motifs is 7. The Morgan fingerprint density at radius 2 is 1.55 bits per heavy atom. The van der Waals surface area contributed by atoms with Gasteiger partial charge in [-0.1, -0.05) is 46.3 Å². The number of aliphatic hydroxyl groups excluding tert-OH is 2. The fourth-order valence-corrected chi connectivity index (χ4v) is 11.7. The second-order valence-corrected chi connectivity index (χ2v) is 14.8. The van der Waals surface area contributed by atoms with Crippen LogP contribution in [0.2, 0.25) is 0 Å². The van der Waals surface area contributed by atoms with Crippen molar-refractivity contribution in [2.45, 2.75) is 119 Å². The molecule has 0 spiro atoms. The number of hydrogen-bond donors (Lipinski definition) is 2. The van der Waals surface area contributed by atoms with E-state index in [0.29, 0.717) is 40.6 Å². The van der Waals surface area contributed by atoms with Crippen molar-refractivity contribution in [3.05, 3.63) is 11.6 Å². The molecule has 188 valence electrons. The second kappa shape index (κ2) is 7.58. The van der Waals surface area contributed by atoms with Gasteiger partial charge in [-0.2, -0.15) is 0 Å². The van der Waals surface area contributed by atoms with Crippen LogP contribution in [0.1, 0.15) is 113 Å². The first-order valence-corrected chi connectivity index (χ1v) is 14.3. The van der Waals surface area contributed by atoms with Crippen LogP contribution in [0, 0.1) is 56.7 Å². The fourth-order valence-electron chi connectivity index (χ4n) is 11.7. The normalized spacial score (nSPS) is 55.8. The van der Waals surface area contributed by atoms with E-state index in [1.165, 1.54) is 57.8 Å². The number of aliphatic hydroxyl groups is 2. The lowest BCUT2D eigenvalue weighted by atomic mass is 9.32. The molecule has 5 aliphatic rings. The standard InChI is InChI=1S/C31H52O2/c1-8-20(2)21-11-16-31(19-32)18-17-29(6)22(26(21)31)9-10-24-28(5)14-13-25(33)27(3,4)23(28)12-15-30(24,29)7/h8,21-26,32-33H,9-19H2,1-7H3/b20-8-/t21-,22+,23-,24+,25-,26+,28-,29+,30+,31+/m0/s1. The van der Waals surface area contributed by atoms with E-state index in [-0.39, 0.29) is 16.9 Å².